The molecular weight excluding hydrogens is 354 g/mol. The molecule has 0 radical (unpaired) electrons. The Morgan fingerprint density at radius 3 is 2.65 bits per heavy atom. The molecule has 2 unspecified atom stereocenters. The largest absolute Gasteiger partial charge is 0.497 e. The number of hydrogen-bond acceptors (Lipinski definition) is 3. The van der Waals surface area contributed by atoms with Crippen molar-refractivity contribution in [3.8, 4) is 5.75 Å². The number of anilines is 1. The van der Waals surface area contributed by atoms with E-state index in [2.05, 4.69) is 22.5 Å². The van der Waals surface area contributed by atoms with Gasteiger partial charge in [-0.25, -0.2) is 4.79 Å². The van der Waals surface area contributed by atoms with Crippen LogP contribution in [0.3, 0.4) is 0 Å². The zero-order chi connectivity index (χ0) is 18.7. The molecule has 6 nitrogen and oxygen atoms in total. The molecule has 0 bridgehead atoms. The van der Waals surface area contributed by atoms with Crippen LogP contribution in [0.5, 0.6) is 5.75 Å². The molecular formula is C19H18ClN3O3. The summed E-state index contributed by atoms with van der Waals surface area (Å²) in [6.45, 7) is 3.86. The van der Waals surface area contributed by atoms with Crippen molar-refractivity contribution in [2.75, 3.05) is 12.4 Å². The molecule has 1 fully saturated rings. The Hall–Kier alpha value is -2.99. The van der Waals surface area contributed by atoms with Crippen LogP contribution in [0, 0.1) is 5.92 Å². The van der Waals surface area contributed by atoms with Crippen molar-refractivity contribution in [1.29, 1.82) is 0 Å². The van der Waals surface area contributed by atoms with Gasteiger partial charge in [-0.3, -0.25) is 4.79 Å². The maximum absolute atomic E-state index is 12.9. The molecule has 0 aliphatic carbocycles. The predicted molar refractivity (Wildman–Crippen MR) is 100 cm³/mol. The Balaban J connectivity index is 1.89. The molecule has 1 heterocycles. The van der Waals surface area contributed by atoms with Crippen LogP contribution in [0.25, 0.3) is 0 Å². The maximum Gasteiger partial charge on any atom is 0.319 e. The van der Waals surface area contributed by atoms with E-state index < -0.39 is 18.0 Å². The van der Waals surface area contributed by atoms with Crippen LogP contribution >= 0.6 is 11.6 Å². The molecule has 3 rings (SSSR count). The van der Waals surface area contributed by atoms with E-state index in [0.29, 0.717) is 22.2 Å². The number of carbonyl (C=O) groups excluding carboxylic acids is 2. The van der Waals surface area contributed by atoms with E-state index in [1.54, 1.807) is 49.6 Å². The number of hydrogen-bond donors (Lipinski definition) is 3. The van der Waals surface area contributed by atoms with Gasteiger partial charge in [-0.15, -0.1) is 0 Å². The average Bonchev–Trinajstić information content (AvgIpc) is 2.63. The summed E-state index contributed by atoms with van der Waals surface area (Å²) < 4.78 is 5.24. The lowest BCUT2D eigenvalue weighted by molar-refractivity contribution is -0.119. The van der Waals surface area contributed by atoms with Gasteiger partial charge in [0.05, 0.1) is 13.2 Å². The maximum atomic E-state index is 12.9. The smallest absolute Gasteiger partial charge is 0.319 e. The van der Waals surface area contributed by atoms with Crippen molar-refractivity contribution in [3.05, 3.63) is 71.4 Å². The molecule has 26 heavy (non-hydrogen) atoms. The van der Waals surface area contributed by atoms with Gasteiger partial charge in [0.1, 0.15) is 11.7 Å². The topological polar surface area (TPSA) is 79.5 Å². The summed E-state index contributed by atoms with van der Waals surface area (Å²) >= 11 is 5.87. The molecule has 1 aliphatic heterocycles. The minimum absolute atomic E-state index is 0.294. The third-order valence-corrected chi connectivity index (χ3v) is 4.37. The van der Waals surface area contributed by atoms with Gasteiger partial charge in [0, 0.05) is 16.4 Å². The van der Waals surface area contributed by atoms with Gasteiger partial charge in [-0.2, -0.15) is 0 Å². The zero-order valence-electron chi connectivity index (χ0n) is 14.1. The Morgan fingerprint density at radius 1 is 1.23 bits per heavy atom. The van der Waals surface area contributed by atoms with Crippen LogP contribution in [-0.2, 0) is 4.79 Å². The molecule has 0 spiro atoms. The highest BCUT2D eigenvalue weighted by molar-refractivity contribution is 6.30. The lowest BCUT2D eigenvalue weighted by Crippen LogP contribution is -2.51. The molecule has 7 heteroatoms. The van der Waals surface area contributed by atoms with Crippen LogP contribution in [0.15, 0.2) is 60.8 Å². The first kappa shape index (κ1) is 17.8. The van der Waals surface area contributed by atoms with E-state index in [1.807, 2.05) is 6.07 Å². The van der Waals surface area contributed by atoms with Gasteiger partial charge in [0.2, 0.25) is 5.91 Å². The lowest BCUT2D eigenvalue weighted by atomic mass is 9.88. The highest BCUT2D eigenvalue weighted by atomic mass is 35.5. The van der Waals surface area contributed by atoms with Gasteiger partial charge < -0.3 is 20.7 Å². The number of nitrogens with one attached hydrogen (secondary N) is 3. The molecule has 2 aromatic carbocycles. The molecule has 0 aromatic heterocycles. The Bertz CT molecular complexity index is 851. The Morgan fingerprint density at radius 2 is 1.96 bits per heavy atom. The quantitative estimate of drug-likeness (QED) is 0.769. The molecule has 3 N–H and O–H groups in total. The van der Waals surface area contributed by atoms with Crippen molar-refractivity contribution in [1.82, 2.24) is 10.6 Å². The van der Waals surface area contributed by atoms with Gasteiger partial charge in [0.25, 0.3) is 0 Å². The van der Waals surface area contributed by atoms with E-state index in [0.717, 1.165) is 5.56 Å². The monoisotopic (exact) mass is 371 g/mol. The highest BCUT2D eigenvalue weighted by Gasteiger charge is 2.37. The minimum Gasteiger partial charge on any atom is -0.497 e. The summed E-state index contributed by atoms with van der Waals surface area (Å²) in [4.78, 5) is 24.8. The fourth-order valence-corrected chi connectivity index (χ4v) is 2.99. The number of methoxy groups -OCH3 is 1. The number of amides is 3. The Labute approximate surface area is 156 Å². The fourth-order valence-electron chi connectivity index (χ4n) is 2.86. The summed E-state index contributed by atoms with van der Waals surface area (Å²) in [6, 6.07) is 13.0. The van der Waals surface area contributed by atoms with E-state index in [-0.39, 0.29) is 5.91 Å². The van der Waals surface area contributed by atoms with Crippen LogP contribution in [0.2, 0.25) is 5.02 Å². The van der Waals surface area contributed by atoms with Crippen molar-refractivity contribution >= 4 is 29.2 Å². The second-order valence-corrected chi connectivity index (χ2v) is 6.29. The molecule has 1 saturated heterocycles. The highest BCUT2D eigenvalue weighted by Crippen LogP contribution is 2.32. The van der Waals surface area contributed by atoms with E-state index in [1.165, 1.54) is 0 Å². The number of urea groups is 1. The van der Waals surface area contributed by atoms with E-state index >= 15 is 0 Å². The standard InChI is InChI=1S/C19H18ClN3O3/c1-11-16(18(24)22-14-8-6-13(20)7-9-14)17(23-19(25)21-11)12-4-3-5-15(10-12)26-2/h3-10,16-17H,1H2,2H3,(H,22,24)(H2,21,23,25). The number of carbonyl (C=O) groups is 2. The van der Waals surface area contributed by atoms with E-state index in [9.17, 15) is 9.59 Å². The molecule has 2 aromatic rings. The third kappa shape index (κ3) is 3.81. The van der Waals surface area contributed by atoms with Crippen LogP contribution in [0.1, 0.15) is 11.6 Å². The molecule has 0 saturated carbocycles. The lowest BCUT2D eigenvalue weighted by Gasteiger charge is -2.34. The van der Waals surface area contributed by atoms with Gasteiger partial charge in [0.15, 0.2) is 0 Å². The summed E-state index contributed by atoms with van der Waals surface area (Å²) in [5.74, 6) is -0.356. The normalized spacial score (nSPS) is 19.3. The second kappa shape index (κ2) is 7.49. The van der Waals surface area contributed by atoms with Crippen molar-refractivity contribution in [3.63, 3.8) is 0 Å². The van der Waals surface area contributed by atoms with Crippen LogP contribution in [0.4, 0.5) is 10.5 Å². The van der Waals surface area contributed by atoms with Gasteiger partial charge in [-0.05, 0) is 42.0 Å². The SMILES string of the molecule is C=C1NC(=O)NC(c2cccc(OC)c2)C1C(=O)Nc1ccc(Cl)cc1. The van der Waals surface area contributed by atoms with Crippen molar-refractivity contribution in [2.24, 2.45) is 5.92 Å². The van der Waals surface area contributed by atoms with E-state index in [4.69, 9.17) is 16.3 Å². The molecule has 3 amide bonds. The third-order valence-electron chi connectivity index (χ3n) is 4.12. The minimum atomic E-state index is -0.699. The first-order valence-corrected chi connectivity index (χ1v) is 8.32. The van der Waals surface area contributed by atoms with Crippen LogP contribution in [-0.4, -0.2) is 19.0 Å². The summed E-state index contributed by atoms with van der Waals surface area (Å²) in [6.07, 6.45) is 0. The average molecular weight is 372 g/mol. The molecule has 1 aliphatic rings. The number of ether oxygens (including phenoxy) is 1. The molecule has 134 valence electrons. The summed E-state index contributed by atoms with van der Waals surface area (Å²) in [5, 5.41) is 8.78. The number of benzene rings is 2. The first-order valence-electron chi connectivity index (χ1n) is 7.94. The van der Waals surface area contributed by atoms with Gasteiger partial charge in [-0.1, -0.05) is 30.3 Å². The summed E-state index contributed by atoms with van der Waals surface area (Å²) in [7, 11) is 1.56. The van der Waals surface area contributed by atoms with Gasteiger partial charge >= 0.3 is 6.03 Å². The zero-order valence-corrected chi connectivity index (χ0v) is 14.8. The molecule has 2 atom stereocenters. The first-order chi connectivity index (χ1) is 12.5. The predicted octanol–water partition coefficient (Wildman–Crippen LogP) is 3.47. The fraction of sp³-hybridized carbons (Fsp3) is 0.158. The van der Waals surface area contributed by atoms with Crippen LogP contribution < -0.4 is 20.7 Å². The van der Waals surface area contributed by atoms with Crippen molar-refractivity contribution in [2.45, 2.75) is 6.04 Å². The summed E-state index contributed by atoms with van der Waals surface area (Å²) in [5.41, 5.74) is 1.68. The Kier molecular flexibility index (Phi) is 5.14. The van der Waals surface area contributed by atoms with Crippen molar-refractivity contribution < 1.29 is 14.3 Å². The number of rotatable bonds is 4. The number of halogens is 1. The second-order valence-electron chi connectivity index (χ2n) is 5.85.